The number of hydrogen-bond donors (Lipinski definition) is 0. The molecule has 4 heteroatoms. The number of benzene rings is 1. The minimum Gasteiger partial charge on any atom is -0.247 e. The van der Waals surface area contributed by atoms with E-state index in [2.05, 4.69) is 4.98 Å². The maximum atomic E-state index is 13.6. The normalized spacial score (nSPS) is 10.2. The molecule has 2 rings (SSSR count). The number of nitrogens with zero attached hydrogens (tertiary/aromatic N) is 2. The number of aromatic nitrogens is 1. The van der Waals surface area contributed by atoms with Crippen molar-refractivity contribution in [1.82, 2.24) is 4.98 Å². The molecule has 0 bridgehead atoms. The topological polar surface area (TPSA) is 36.7 Å². The number of pyridine rings is 1. The highest BCUT2D eigenvalue weighted by atomic mass is 32.2. The highest BCUT2D eigenvalue weighted by molar-refractivity contribution is 7.98. The Balaban J connectivity index is 2.16. The van der Waals surface area contributed by atoms with Gasteiger partial charge in [0.05, 0.1) is 16.7 Å². The minimum absolute atomic E-state index is 0.282. The quantitative estimate of drug-likeness (QED) is 0.792. The molecule has 96 valence electrons. The Labute approximate surface area is 116 Å². The first-order valence-electron chi connectivity index (χ1n) is 5.85. The fourth-order valence-electron chi connectivity index (χ4n) is 1.78. The van der Waals surface area contributed by atoms with Crippen LogP contribution in [0.2, 0.25) is 0 Å². The average Bonchev–Trinajstić information content (AvgIpc) is 2.37. The van der Waals surface area contributed by atoms with E-state index >= 15 is 0 Å². The summed E-state index contributed by atoms with van der Waals surface area (Å²) in [5, 5.41) is 9.69. The summed E-state index contributed by atoms with van der Waals surface area (Å²) in [6.45, 7) is 3.95. The molecular formula is C15H13FN2S. The second-order valence-corrected chi connectivity index (χ2v) is 5.33. The summed E-state index contributed by atoms with van der Waals surface area (Å²) < 4.78 is 13.6. The van der Waals surface area contributed by atoms with E-state index in [1.807, 2.05) is 32.0 Å². The van der Waals surface area contributed by atoms with Gasteiger partial charge in [-0.05, 0) is 55.3 Å². The average molecular weight is 272 g/mol. The first kappa shape index (κ1) is 13.6. The Bertz CT molecular complexity index is 627. The molecule has 0 saturated heterocycles. The molecule has 1 heterocycles. The standard InChI is InChI=1S/C15H13FN2S/c1-10-5-11(2)18-15(6-10)19-9-13-7-12(8-17)3-4-14(13)16/h3-7H,9H2,1-2H3. The van der Waals surface area contributed by atoms with Crippen LogP contribution in [-0.4, -0.2) is 4.98 Å². The van der Waals surface area contributed by atoms with Crippen LogP contribution in [0.4, 0.5) is 4.39 Å². The summed E-state index contributed by atoms with van der Waals surface area (Å²) in [5.74, 6) is 0.188. The second kappa shape index (κ2) is 5.85. The Kier molecular flexibility index (Phi) is 4.18. The van der Waals surface area contributed by atoms with Gasteiger partial charge in [-0.2, -0.15) is 5.26 Å². The molecule has 0 amide bonds. The van der Waals surface area contributed by atoms with E-state index in [9.17, 15) is 4.39 Å². The van der Waals surface area contributed by atoms with E-state index in [0.29, 0.717) is 16.9 Å². The predicted molar refractivity (Wildman–Crippen MR) is 74.4 cm³/mol. The largest absolute Gasteiger partial charge is 0.247 e. The molecule has 0 unspecified atom stereocenters. The second-order valence-electron chi connectivity index (χ2n) is 4.33. The van der Waals surface area contributed by atoms with Crippen molar-refractivity contribution in [3.8, 4) is 6.07 Å². The fraction of sp³-hybridized carbons (Fsp3) is 0.200. The lowest BCUT2D eigenvalue weighted by atomic mass is 10.1. The van der Waals surface area contributed by atoms with Crippen molar-refractivity contribution in [3.05, 3.63) is 58.5 Å². The third-order valence-corrected chi connectivity index (χ3v) is 3.58. The van der Waals surface area contributed by atoms with Crippen molar-refractivity contribution < 1.29 is 4.39 Å². The van der Waals surface area contributed by atoms with Crippen LogP contribution in [0.15, 0.2) is 35.4 Å². The van der Waals surface area contributed by atoms with Crippen molar-refractivity contribution in [2.24, 2.45) is 0 Å². The van der Waals surface area contributed by atoms with E-state index in [0.717, 1.165) is 16.3 Å². The van der Waals surface area contributed by atoms with Crippen molar-refractivity contribution in [3.63, 3.8) is 0 Å². The number of aryl methyl sites for hydroxylation is 2. The Morgan fingerprint density at radius 2 is 2.05 bits per heavy atom. The van der Waals surface area contributed by atoms with Crippen LogP contribution in [0.1, 0.15) is 22.4 Å². The maximum Gasteiger partial charge on any atom is 0.127 e. The molecule has 0 N–H and O–H groups in total. The summed E-state index contributed by atoms with van der Waals surface area (Å²) in [7, 11) is 0. The fourth-order valence-corrected chi connectivity index (χ4v) is 2.79. The van der Waals surface area contributed by atoms with Gasteiger partial charge in [0.15, 0.2) is 0 Å². The lowest BCUT2D eigenvalue weighted by molar-refractivity contribution is 0.617. The predicted octanol–water partition coefficient (Wildman–Crippen LogP) is 4.00. The van der Waals surface area contributed by atoms with Gasteiger partial charge < -0.3 is 0 Å². The molecule has 1 aromatic carbocycles. The molecule has 0 atom stereocenters. The van der Waals surface area contributed by atoms with Crippen LogP contribution in [0.25, 0.3) is 0 Å². The van der Waals surface area contributed by atoms with E-state index in [1.54, 1.807) is 6.07 Å². The van der Waals surface area contributed by atoms with Gasteiger partial charge in [0.1, 0.15) is 5.82 Å². The minimum atomic E-state index is -0.282. The highest BCUT2D eigenvalue weighted by Gasteiger charge is 2.06. The first-order valence-corrected chi connectivity index (χ1v) is 6.83. The van der Waals surface area contributed by atoms with Gasteiger partial charge >= 0.3 is 0 Å². The Morgan fingerprint density at radius 3 is 2.74 bits per heavy atom. The molecule has 19 heavy (non-hydrogen) atoms. The molecule has 0 aliphatic rings. The third kappa shape index (κ3) is 3.55. The van der Waals surface area contributed by atoms with Crippen LogP contribution in [-0.2, 0) is 5.75 Å². The lowest BCUT2D eigenvalue weighted by Gasteiger charge is -2.05. The van der Waals surface area contributed by atoms with Crippen LogP contribution < -0.4 is 0 Å². The number of thioether (sulfide) groups is 1. The molecule has 0 spiro atoms. The first-order chi connectivity index (χ1) is 9.08. The zero-order chi connectivity index (χ0) is 13.8. The Morgan fingerprint density at radius 1 is 1.26 bits per heavy atom. The molecule has 2 aromatic rings. The summed E-state index contributed by atoms with van der Waals surface area (Å²) in [6, 6.07) is 10.4. The summed E-state index contributed by atoms with van der Waals surface area (Å²) >= 11 is 1.47. The highest BCUT2D eigenvalue weighted by Crippen LogP contribution is 2.24. The SMILES string of the molecule is Cc1cc(C)nc(SCc2cc(C#N)ccc2F)c1. The molecule has 0 fully saturated rings. The number of hydrogen-bond acceptors (Lipinski definition) is 3. The Hall–Kier alpha value is -1.86. The smallest absolute Gasteiger partial charge is 0.127 e. The van der Waals surface area contributed by atoms with Gasteiger partial charge in [-0.3, -0.25) is 0 Å². The van der Waals surface area contributed by atoms with Gasteiger partial charge in [0.25, 0.3) is 0 Å². The molecular weight excluding hydrogens is 259 g/mol. The molecule has 2 nitrogen and oxygen atoms in total. The molecule has 0 radical (unpaired) electrons. The van der Waals surface area contributed by atoms with Gasteiger partial charge in [0.2, 0.25) is 0 Å². The van der Waals surface area contributed by atoms with Crippen LogP contribution in [0.5, 0.6) is 0 Å². The van der Waals surface area contributed by atoms with E-state index in [-0.39, 0.29) is 5.82 Å². The van der Waals surface area contributed by atoms with Crippen molar-refractivity contribution in [2.45, 2.75) is 24.6 Å². The van der Waals surface area contributed by atoms with Crippen LogP contribution in [0, 0.1) is 31.0 Å². The van der Waals surface area contributed by atoms with Crippen molar-refractivity contribution in [1.29, 1.82) is 5.26 Å². The number of nitriles is 1. The zero-order valence-electron chi connectivity index (χ0n) is 10.8. The van der Waals surface area contributed by atoms with Crippen molar-refractivity contribution in [2.75, 3.05) is 0 Å². The van der Waals surface area contributed by atoms with Crippen LogP contribution in [0.3, 0.4) is 0 Å². The maximum absolute atomic E-state index is 13.6. The van der Waals surface area contributed by atoms with Gasteiger partial charge in [-0.25, -0.2) is 9.37 Å². The van der Waals surface area contributed by atoms with Crippen molar-refractivity contribution >= 4 is 11.8 Å². The molecule has 0 aliphatic heterocycles. The van der Waals surface area contributed by atoms with Gasteiger partial charge in [-0.15, -0.1) is 11.8 Å². The summed E-state index contributed by atoms with van der Waals surface area (Å²) in [5.41, 5.74) is 3.10. The summed E-state index contributed by atoms with van der Waals surface area (Å²) in [6.07, 6.45) is 0. The third-order valence-electron chi connectivity index (χ3n) is 2.62. The molecule has 0 aliphatic carbocycles. The lowest BCUT2D eigenvalue weighted by Crippen LogP contribution is -1.91. The van der Waals surface area contributed by atoms with Gasteiger partial charge in [-0.1, -0.05) is 0 Å². The summed E-state index contributed by atoms with van der Waals surface area (Å²) in [4.78, 5) is 4.40. The van der Waals surface area contributed by atoms with E-state index in [1.165, 1.54) is 23.9 Å². The monoisotopic (exact) mass is 272 g/mol. The van der Waals surface area contributed by atoms with Gasteiger partial charge in [0, 0.05) is 11.4 Å². The molecule has 1 aromatic heterocycles. The number of rotatable bonds is 3. The molecule has 0 saturated carbocycles. The van der Waals surface area contributed by atoms with Crippen LogP contribution >= 0.6 is 11.8 Å². The zero-order valence-corrected chi connectivity index (χ0v) is 11.6. The van der Waals surface area contributed by atoms with E-state index in [4.69, 9.17) is 5.26 Å². The number of halogens is 1. The van der Waals surface area contributed by atoms with E-state index < -0.39 is 0 Å².